The molecule has 0 saturated carbocycles. The third-order valence-corrected chi connectivity index (χ3v) is 3.41. The van der Waals surface area contributed by atoms with Crippen molar-refractivity contribution in [1.82, 2.24) is 10.2 Å². The van der Waals surface area contributed by atoms with Gasteiger partial charge in [-0.25, -0.2) is 0 Å². The maximum Gasteiger partial charge on any atom is 0.245 e. The van der Waals surface area contributed by atoms with Gasteiger partial charge >= 0.3 is 0 Å². The zero-order chi connectivity index (χ0) is 15.3. The molecule has 1 fully saturated rings. The molecule has 0 bridgehead atoms. The molecule has 1 heterocycles. The Morgan fingerprint density at radius 2 is 2.05 bits per heavy atom. The number of carbonyl (C=O) groups excluding carboxylic acids is 3. The number of nitrogens with zero attached hydrogens (tertiary/aromatic N) is 1. The molecular weight excluding hydrogens is 258 g/mol. The minimum absolute atomic E-state index is 0.210. The van der Waals surface area contributed by atoms with Gasteiger partial charge in [-0.1, -0.05) is 13.8 Å². The summed E-state index contributed by atoms with van der Waals surface area (Å²) in [4.78, 5) is 36.6. The maximum absolute atomic E-state index is 12.5. The van der Waals surface area contributed by atoms with E-state index < -0.39 is 18.1 Å². The van der Waals surface area contributed by atoms with Gasteiger partial charge in [-0.15, -0.1) is 0 Å². The van der Waals surface area contributed by atoms with Crippen molar-refractivity contribution in [1.29, 1.82) is 0 Å². The van der Waals surface area contributed by atoms with Crippen molar-refractivity contribution in [2.75, 3.05) is 6.54 Å². The second kappa shape index (κ2) is 7.38. The fraction of sp³-hybridized carbons (Fsp3) is 0.786. The van der Waals surface area contributed by atoms with Crippen LogP contribution in [0, 0.1) is 5.92 Å². The lowest BCUT2D eigenvalue weighted by Gasteiger charge is -2.28. The molecule has 0 unspecified atom stereocenters. The molecule has 3 N–H and O–H groups in total. The Bertz CT molecular complexity index is 369. The molecule has 0 aromatic heterocycles. The normalized spacial score (nSPS) is 21.6. The highest BCUT2D eigenvalue weighted by molar-refractivity contribution is 5.90. The summed E-state index contributed by atoms with van der Waals surface area (Å²) in [6.45, 7) is 6.07. The van der Waals surface area contributed by atoms with E-state index in [0.29, 0.717) is 19.4 Å². The molecule has 20 heavy (non-hydrogen) atoms. The average molecular weight is 282 g/mol. The summed E-state index contributed by atoms with van der Waals surface area (Å²) in [5.41, 5.74) is 5.52. The fourth-order valence-corrected chi connectivity index (χ4v) is 2.35. The highest BCUT2D eigenvalue weighted by Crippen LogP contribution is 2.18. The molecule has 1 radical (unpaired) electrons. The minimum Gasteiger partial charge on any atom is -0.343 e. The number of nitrogens with one attached hydrogen (secondary N) is 1. The molecule has 1 rings (SSSR count). The molecule has 1 aliphatic rings. The van der Waals surface area contributed by atoms with Crippen LogP contribution in [0.15, 0.2) is 0 Å². The molecule has 1 saturated heterocycles. The number of likely N-dealkylation sites (tertiary alicyclic amines) is 1. The van der Waals surface area contributed by atoms with Crippen LogP contribution >= 0.6 is 0 Å². The Balaban J connectivity index is 2.78. The van der Waals surface area contributed by atoms with Crippen molar-refractivity contribution < 1.29 is 14.4 Å². The first-order chi connectivity index (χ1) is 9.36. The predicted molar refractivity (Wildman–Crippen MR) is 75.5 cm³/mol. The van der Waals surface area contributed by atoms with Gasteiger partial charge in [0.1, 0.15) is 6.04 Å². The molecular formula is C14H24N3O3. The SMILES string of the molecule is CC(C)C[C@H](NC(=O)[C@H](C)N)C(=O)N1CCC[C@H]1[C]=O. The van der Waals surface area contributed by atoms with Crippen molar-refractivity contribution in [3.8, 4) is 0 Å². The lowest BCUT2D eigenvalue weighted by Crippen LogP contribution is -2.53. The first kappa shape index (κ1) is 16.6. The molecule has 0 aliphatic carbocycles. The van der Waals surface area contributed by atoms with Gasteiger partial charge in [0.2, 0.25) is 18.1 Å². The first-order valence-electron chi connectivity index (χ1n) is 7.11. The number of amides is 2. The van der Waals surface area contributed by atoms with Crippen LogP contribution in [0.25, 0.3) is 0 Å². The second-order valence-corrected chi connectivity index (χ2v) is 5.79. The van der Waals surface area contributed by atoms with Crippen LogP contribution in [-0.4, -0.2) is 47.7 Å². The van der Waals surface area contributed by atoms with E-state index >= 15 is 0 Å². The standard InChI is InChI=1S/C14H24N3O3/c1-9(2)7-12(16-13(19)10(3)15)14(20)17-6-4-5-11(17)8-18/h9-12H,4-7,15H2,1-3H3,(H,16,19)/t10-,11-,12-/m0/s1. The summed E-state index contributed by atoms with van der Waals surface area (Å²) in [6.07, 6.45) is 3.86. The lowest BCUT2D eigenvalue weighted by atomic mass is 10.0. The summed E-state index contributed by atoms with van der Waals surface area (Å²) in [5.74, 6) is -0.313. The Hall–Kier alpha value is -1.43. The Morgan fingerprint density at radius 3 is 2.55 bits per heavy atom. The van der Waals surface area contributed by atoms with Gasteiger partial charge in [-0.05, 0) is 32.1 Å². The van der Waals surface area contributed by atoms with Gasteiger partial charge in [-0.3, -0.25) is 14.4 Å². The Labute approximate surface area is 120 Å². The van der Waals surface area contributed by atoms with Gasteiger partial charge in [0.05, 0.1) is 12.1 Å². The van der Waals surface area contributed by atoms with Crippen LogP contribution in [0.5, 0.6) is 0 Å². The zero-order valence-corrected chi connectivity index (χ0v) is 12.4. The summed E-state index contributed by atoms with van der Waals surface area (Å²) in [6, 6.07) is -1.77. The quantitative estimate of drug-likeness (QED) is 0.715. The lowest BCUT2D eigenvalue weighted by molar-refractivity contribution is -0.137. The molecule has 2 amide bonds. The molecule has 1 aliphatic heterocycles. The van der Waals surface area contributed by atoms with Gasteiger partial charge in [0.15, 0.2) is 0 Å². The van der Waals surface area contributed by atoms with Crippen molar-refractivity contribution in [3.05, 3.63) is 0 Å². The number of nitrogens with two attached hydrogens (primary N) is 1. The molecule has 3 atom stereocenters. The van der Waals surface area contributed by atoms with E-state index in [1.165, 1.54) is 4.90 Å². The van der Waals surface area contributed by atoms with Crippen LogP contribution in [0.2, 0.25) is 0 Å². The van der Waals surface area contributed by atoms with Gasteiger partial charge in [0.25, 0.3) is 0 Å². The van der Waals surface area contributed by atoms with Crippen LogP contribution in [0.1, 0.15) is 40.0 Å². The van der Waals surface area contributed by atoms with E-state index in [1.807, 2.05) is 20.1 Å². The monoisotopic (exact) mass is 282 g/mol. The van der Waals surface area contributed by atoms with E-state index in [4.69, 9.17) is 5.73 Å². The van der Waals surface area contributed by atoms with Crippen molar-refractivity contribution in [2.24, 2.45) is 11.7 Å². The van der Waals surface area contributed by atoms with Gasteiger partial charge < -0.3 is 16.0 Å². The molecule has 6 nitrogen and oxygen atoms in total. The van der Waals surface area contributed by atoms with Gasteiger partial charge in [0, 0.05) is 6.54 Å². The third-order valence-electron chi connectivity index (χ3n) is 3.41. The molecule has 6 heteroatoms. The highest BCUT2D eigenvalue weighted by Gasteiger charge is 2.34. The maximum atomic E-state index is 12.5. The Kier molecular flexibility index (Phi) is 6.13. The highest BCUT2D eigenvalue weighted by atomic mass is 16.2. The van der Waals surface area contributed by atoms with Crippen molar-refractivity contribution in [3.63, 3.8) is 0 Å². The number of hydrogen-bond donors (Lipinski definition) is 2. The van der Waals surface area contributed by atoms with Crippen molar-refractivity contribution >= 4 is 18.1 Å². The summed E-state index contributed by atoms with van der Waals surface area (Å²) >= 11 is 0. The Morgan fingerprint density at radius 1 is 1.40 bits per heavy atom. The zero-order valence-electron chi connectivity index (χ0n) is 12.4. The van der Waals surface area contributed by atoms with E-state index in [2.05, 4.69) is 5.32 Å². The molecule has 0 aromatic rings. The van der Waals surface area contributed by atoms with Crippen molar-refractivity contribution in [2.45, 2.75) is 58.2 Å². The van der Waals surface area contributed by atoms with Crippen LogP contribution in [0.4, 0.5) is 0 Å². The second-order valence-electron chi connectivity index (χ2n) is 5.79. The van der Waals surface area contributed by atoms with Crippen LogP contribution in [0.3, 0.4) is 0 Å². The number of rotatable bonds is 6. The minimum atomic E-state index is -0.663. The summed E-state index contributed by atoms with van der Waals surface area (Å²) in [7, 11) is 0. The smallest absolute Gasteiger partial charge is 0.245 e. The molecule has 0 spiro atoms. The number of hydrogen-bond acceptors (Lipinski definition) is 4. The molecule has 113 valence electrons. The summed E-state index contributed by atoms with van der Waals surface area (Å²) in [5, 5.41) is 2.68. The largest absolute Gasteiger partial charge is 0.343 e. The fourth-order valence-electron chi connectivity index (χ4n) is 2.35. The van der Waals surface area contributed by atoms with E-state index in [0.717, 1.165) is 6.42 Å². The average Bonchev–Trinajstić information content (AvgIpc) is 2.84. The number of carbonyl (C=O) groups is 2. The van der Waals surface area contributed by atoms with Crippen LogP contribution < -0.4 is 11.1 Å². The van der Waals surface area contributed by atoms with E-state index in [9.17, 15) is 14.4 Å². The first-order valence-corrected chi connectivity index (χ1v) is 7.11. The van der Waals surface area contributed by atoms with Crippen LogP contribution in [-0.2, 0) is 14.4 Å². The summed E-state index contributed by atoms with van der Waals surface area (Å²) < 4.78 is 0. The van der Waals surface area contributed by atoms with E-state index in [-0.39, 0.29) is 17.7 Å². The topological polar surface area (TPSA) is 92.5 Å². The third kappa shape index (κ3) is 4.30. The van der Waals surface area contributed by atoms with E-state index in [1.54, 1.807) is 6.92 Å². The predicted octanol–water partition coefficient (Wildman–Crippen LogP) is -0.0348. The van der Waals surface area contributed by atoms with Gasteiger partial charge in [-0.2, -0.15) is 0 Å². The molecule has 0 aromatic carbocycles.